The summed E-state index contributed by atoms with van der Waals surface area (Å²) in [5.74, 6) is -4.12. The van der Waals surface area contributed by atoms with Crippen molar-refractivity contribution in [2.45, 2.75) is 52.2 Å². The van der Waals surface area contributed by atoms with Gasteiger partial charge in [-0.2, -0.15) is 0 Å². The van der Waals surface area contributed by atoms with E-state index in [0.717, 1.165) is 26.7 Å². The quantitative estimate of drug-likeness (QED) is 0.462. The Bertz CT molecular complexity index is 394. The molecule has 0 saturated heterocycles. The Kier molecular flexibility index (Phi) is 8.75. The van der Waals surface area contributed by atoms with Crippen molar-refractivity contribution >= 4 is 23.8 Å². The van der Waals surface area contributed by atoms with Crippen LogP contribution < -0.4 is 5.32 Å². The van der Waals surface area contributed by atoms with Crippen molar-refractivity contribution in [3.63, 3.8) is 0 Å². The summed E-state index contributed by atoms with van der Waals surface area (Å²) in [5, 5.41) is 11.5. The summed E-state index contributed by atoms with van der Waals surface area (Å²) in [5.41, 5.74) is 0. The van der Waals surface area contributed by atoms with Crippen LogP contribution in [0.5, 0.6) is 0 Å². The normalized spacial score (nSPS) is 12.9. The van der Waals surface area contributed by atoms with E-state index in [1.165, 1.54) is 0 Å². The second kappa shape index (κ2) is 9.73. The van der Waals surface area contributed by atoms with Gasteiger partial charge in [0.25, 0.3) is 5.91 Å². The molecule has 8 nitrogen and oxygen atoms in total. The first-order valence-corrected chi connectivity index (χ1v) is 6.64. The summed E-state index contributed by atoms with van der Waals surface area (Å²) in [6.07, 6.45) is -1.04. The van der Waals surface area contributed by atoms with Gasteiger partial charge in [-0.25, -0.2) is 4.79 Å². The van der Waals surface area contributed by atoms with Gasteiger partial charge in [0.05, 0.1) is 0 Å². The highest BCUT2D eigenvalue weighted by Gasteiger charge is 2.39. The van der Waals surface area contributed by atoms with Crippen molar-refractivity contribution in [3.8, 4) is 0 Å². The Morgan fingerprint density at radius 2 is 1.52 bits per heavy atom. The van der Waals surface area contributed by atoms with Gasteiger partial charge in [0.1, 0.15) is 0 Å². The lowest BCUT2D eigenvalue weighted by molar-refractivity contribution is -0.180. The van der Waals surface area contributed by atoms with E-state index in [0.29, 0.717) is 13.0 Å². The fraction of sp³-hybridized carbons (Fsp3) is 0.692. The topological polar surface area (TPSA) is 119 Å². The monoisotopic (exact) mass is 303 g/mol. The van der Waals surface area contributed by atoms with Crippen molar-refractivity contribution in [1.29, 1.82) is 0 Å². The molecule has 21 heavy (non-hydrogen) atoms. The van der Waals surface area contributed by atoms with Crippen LogP contribution in [0.25, 0.3) is 0 Å². The first kappa shape index (κ1) is 18.9. The van der Waals surface area contributed by atoms with Crippen molar-refractivity contribution in [3.05, 3.63) is 0 Å². The third kappa shape index (κ3) is 7.91. The molecule has 1 amide bonds. The maximum atomic E-state index is 11.9. The number of amides is 1. The molecule has 0 spiro atoms. The predicted octanol–water partition coefficient (Wildman–Crippen LogP) is 0.241. The zero-order valence-electron chi connectivity index (χ0n) is 12.4. The van der Waals surface area contributed by atoms with Gasteiger partial charge in [-0.1, -0.05) is 19.8 Å². The molecule has 0 rings (SSSR count). The number of carboxylic acids is 1. The number of carbonyl (C=O) groups is 4. The number of carboxylic acid groups (broad SMARTS) is 1. The fourth-order valence-corrected chi connectivity index (χ4v) is 1.54. The summed E-state index contributed by atoms with van der Waals surface area (Å²) >= 11 is 0. The Labute approximate surface area is 122 Å². The molecule has 0 heterocycles. The smallest absolute Gasteiger partial charge is 0.349 e. The van der Waals surface area contributed by atoms with Gasteiger partial charge in [-0.05, 0) is 6.42 Å². The molecule has 0 aromatic rings. The van der Waals surface area contributed by atoms with Crippen molar-refractivity contribution in [1.82, 2.24) is 5.32 Å². The number of hydrogen-bond donors (Lipinski definition) is 2. The minimum absolute atomic E-state index is 0.316. The van der Waals surface area contributed by atoms with Crippen LogP contribution in [-0.4, -0.2) is 47.7 Å². The van der Waals surface area contributed by atoms with Gasteiger partial charge < -0.3 is 19.9 Å². The third-order valence-corrected chi connectivity index (χ3v) is 2.44. The summed E-state index contributed by atoms with van der Waals surface area (Å²) < 4.78 is 9.23. The first-order chi connectivity index (χ1) is 9.79. The zero-order valence-corrected chi connectivity index (χ0v) is 12.4. The molecule has 2 N–H and O–H groups in total. The van der Waals surface area contributed by atoms with E-state index in [1.807, 2.05) is 6.92 Å². The van der Waals surface area contributed by atoms with Gasteiger partial charge in [-0.15, -0.1) is 0 Å². The van der Waals surface area contributed by atoms with Crippen molar-refractivity contribution < 1.29 is 33.8 Å². The molecule has 120 valence electrons. The van der Waals surface area contributed by atoms with Crippen LogP contribution >= 0.6 is 0 Å². The molecule has 0 saturated carbocycles. The second-order valence-corrected chi connectivity index (χ2v) is 4.40. The number of ether oxygens (including phenoxy) is 2. The molecule has 0 aromatic heterocycles. The van der Waals surface area contributed by atoms with Crippen LogP contribution in [0.1, 0.15) is 40.0 Å². The number of carbonyl (C=O) groups excluding carboxylic acids is 3. The highest BCUT2D eigenvalue weighted by Crippen LogP contribution is 2.07. The van der Waals surface area contributed by atoms with E-state index in [2.05, 4.69) is 14.8 Å². The number of unbranched alkanes of at least 4 members (excludes halogenated alkanes) is 2. The molecular formula is C13H21NO7. The number of rotatable bonds is 9. The molecule has 2 unspecified atom stereocenters. The third-order valence-electron chi connectivity index (χ3n) is 2.44. The average molecular weight is 303 g/mol. The average Bonchev–Trinajstić information content (AvgIpc) is 2.37. The van der Waals surface area contributed by atoms with E-state index in [9.17, 15) is 19.2 Å². The van der Waals surface area contributed by atoms with E-state index in [1.54, 1.807) is 0 Å². The lowest BCUT2D eigenvalue weighted by atomic mass is 10.1. The van der Waals surface area contributed by atoms with Crippen LogP contribution in [0.3, 0.4) is 0 Å². The van der Waals surface area contributed by atoms with E-state index in [4.69, 9.17) is 5.11 Å². The highest BCUT2D eigenvalue weighted by atomic mass is 16.6. The van der Waals surface area contributed by atoms with Crippen molar-refractivity contribution in [2.24, 2.45) is 0 Å². The molecule has 0 bridgehead atoms. The van der Waals surface area contributed by atoms with Gasteiger partial charge in [0.2, 0.25) is 12.2 Å². The maximum absolute atomic E-state index is 11.9. The number of hydrogen-bond acceptors (Lipinski definition) is 6. The van der Waals surface area contributed by atoms with E-state index < -0.39 is 36.0 Å². The number of nitrogens with one attached hydrogen (secondary N) is 1. The molecule has 0 radical (unpaired) electrons. The predicted molar refractivity (Wildman–Crippen MR) is 71.3 cm³/mol. The SMILES string of the molecule is CCCCCNC(=O)C(OC(C)=O)C(OC(C)=O)C(=O)O. The fourth-order valence-electron chi connectivity index (χ4n) is 1.54. The summed E-state index contributed by atoms with van der Waals surface area (Å²) in [4.78, 5) is 44.9. The minimum Gasteiger partial charge on any atom is -0.478 e. The summed E-state index contributed by atoms with van der Waals surface area (Å²) in [7, 11) is 0. The second-order valence-electron chi connectivity index (χ2n) is 4.40. The van der Waals surface area contributed by atoms with Gasteiger partial charge in [0.15, 0.2) is 0 Å². The molecule has 8 heteroatoms. The van der Waals surface area contributed by atoms with Crippen molar-refractivity contribution in [2.75, 3.05) is 6.54 Å². The summed E-state index contributed by atoms with van der Waals surface area (Å²) in [6, 6.07) is 0. The first-order valence-electron chi connectivity index (χ1n) is 6.64. The van der Waals surface area contributed by atoms with Gasteiger partial charge >= 0.3 is 17.9 Å². The molecule has 0 aliphatic rings. The Morgan fingerprint density at radius 3 is 1.95 bits per heavy atom. The molecular weight excluding hydrogens is 282 g/mol. The van der Waals surface area contributed by atoms with Crippen LogP contribution in [0.4, 0.5) is 0 Å². The van der Waals surface area contributed by atoms with E-state index >= 15 is 0 Å². The molecule has 0 aromatic carbocycles. The molecule has 0 aliphatic heterocycles. The van der Waals surface area contributed by atoms with Crippen LogP contribution in [0, 0.1) is 0 Å². The molecule has 2 atom stereocenters. The largest absolute Gasteiger partial charge is 0.478 e. The Balaban J connectivity index is 4.88. The number of esters is 2. The Morgan fingerprint density at radius 1 is 1.00 bits per heavy atom. The van der Waals surface area contributed by atoms with Crippen LogP contribution in [0.15, 0.2) is 0 Å². The highest BCUT2D eigenvalue weighted by molar-refractivity contribution is 5.90. The van der Waals surface area contributed by atoms with Gasteiger partial charge in [-0.3, -0.25) is 14.4 Å². The van der Waals surface area contributed by atoms with Gasteiger partial charge in [0, 0.05) is 20.4 Å². The molecule has 0 aliphatic carbocycles. The lowest BCUT2D eigenvalue weighted by Crippen LogP contribution is -2.50. The van der Waals surface area contributed by atoms with Crippen LogP contribution in [-0.2, 0) is 28.7 Å². The van der Waals surface area contributed by atoms with Crippen LogP contribution in [0.2, 0.25) is 0 Å². The van der Waals surface area contributed by atoms with E-state index in [-0.39, 0.29) is 0 Å². The lowest BCUT2D eigenvalue weighted by Gasteiger charge is -2.22. The zero-order chi connectivity index (χ0) is 16.4. The maximum Gasteiger partial charge on any atom is 0.349 e. The standard InChI is InChI=1S/C13H21NO7/c1-4-5-6-7-14-12(17)10(20-8(2)15)11(13(18)19)21-9(3)16/h10-11H,4-7H2,1-3H3,(H,14,17)(H,18,19). The minimum atomic E-state index is -1.88. The molecule has 0 fully saturated rings. The summed E-state index contributed by atoms with van der Waals surface area (Å²) in [6.45, 7) is 4.34. The Hall–Kier alpha value is -2.12. The number of aliphatic carboxylic acids is 1.